The van der Waals surface area contributed by atoms with E-state index in [1.807, 2.05) is 6.07 Å². The summed E-state index contributed by atoms with van der Waals surface area (Å²) in [6, 6.07) is 4.05. The van der Waals surface area contributed by atoms with Crippen LogP contribution in [-0.4, -0.2) is 30.7 Å². The van der Waals surface area contributed by atoms with E-state index >= 15 is 0 Å². The van der Waals surface area contributed by atoms with Gasteiger partial charge in [0, 0.05) is 18.0 Å². The van der Waals surface area contributed by atoms with Gasteiger partial charge in [-0.05, 0) is 32.5 Å². The molecule has 0 atom stereocenters. The van der Waals surface area contributed by atoms with Gasteiger partial charge in [0.05, 0.1) is 17.0 Å². The fraction of sp³-hybridized carbons (Fsp3) is 0.667. The molecule has 0 fully saturated rings. The summed E-state index contributed by atoms with van der Waals surface area (Å²) < 4.78 is 6.42. The Morgan fingerprint density at radius 2 is 2.19 bits per heavy atom. The highest BCUT2D eigenvalue weighted by atomic mass is 35.5. The summed E-state index contributed by atoms with van der Waals surface area (Å²) in [5, 5.41) is 0. The molecule has 4 heteroatoms. The largest absolute Gasteiger partial charge is 0.377 e. The molecule has 0 bridgehead atoms. The van der Waals surface area contributed by atoms with E-state index in [0.717, 1.165) is 30.6 Å². The smallest absolute Gasteiger partial charge is 0.0931 e. The summed E-state index contributed by atoms with van der Waals surface area (Å²) in [5.41, 5.74) is 0. The molecule has 0 aliphatic rings. The standard InChI is InChI=1S/C12H20ClNOS/c1-4-14(7-8-15-10(2)3)9-11-5-6-12(13)16-11/h5-6,10H,4,7-9H2,1-3H3. The maximum Gasteiger partial charge on any atom is 0.0931 e. The van der Waals surface area contributed by atoms with Crippen molar-refractivity contribution in [2.75, 3.05) is 19.7 Å². The summed E-state index contributed by atoms with van der Waals surface area (Å²) in [7, 11) is 0. The van der Waals surface area contributed by atoms with Crippen LogP contribution in [0.3, 0.4) is 0 Å². The van der Waals surface area contributed by atoms with E-state index in [2.05, 4.69) is 31.7 Å². The molecule has 0 radical (unpaired) electrons. The van der Waals surface area contributed by atoms with Gasteiger partial charge in [0.25, 0.3) is 0 Å². The predicted octanol–water partition coefficient (Wildman–Crippen LogP) is 3.65. The maximum absolute atomic E-state index is 5.91. The van der Waals surface area contributed by atoms with Gasteiger partial charge < -0.3 is 4.74 Å². The Kier molecular flexibility index (Phi) is 6.36. The number of ether oxygens (including phenoxy) is 1. The molecule has 16 heavy (non-hydrogen) atoms. The Morgan fingerprint density at radius 3 is 2.69 bits per heavy atom. The van der Waals surface area contributed by atoms with E-state index < -0.39 is 0 Å². The van der Waals surface area contributed by atoms with Crippen molar-refractivity contribution in [1.29, 1.82) is 0 Å². The average molecular weight is 262 g/mol. The zero-order chi connectivity index (χ0) is 12.0. The van der Waals surface area contributed by atoms with Gasteiger partial charge in [0.2, 0.25) is 0 Å². The van der Waals surface area contributed by atoms with E-state index in [-0.39, 0.29) is 0 Å². The van der Waals surface area contributed by atoms with Crippen molar-refractivity contribution in [3.8, 4) is 0 Å². The zero-order valence-corrected chi connectivity index (χ0v) is 11.8. The van der Waals surface area contributed by atoms with E-state index in [0.29, 0.717) is 6.10 Å². The van der Waals surface area contributed by atoms with Crippen molar-refractivity contribution in [3.05, 3.63) is 21.3 Å². The third-order valence-electron chi connectivity index (χ3n) is 2.31. The van der Waals surface area contributed by atoms with Gasteiger partial charge in [-0.3, -0.25) is 4.90 Å². The molecule has 1 rings (SSSR count). The molecular formula is C12H20ClNOS. The second-order valence-electron chi connectivity index (χ2n) is 3.99. The van der Waals surface area contributed by atoms with Crippen LogP contribution in [0.4, 0.5) is 0 Å². The highest BCUT2D eigenvalue weighted by molar-refractivity contribution is 7.16. The molecule has 0 N–H and O–H groups in total. The minimum absolute atomic E-state index is 0.315. The highest BCUT2D eigenvalue weighted by Gasteiger charge is 2.06. The van der Waals surface area contributed by atoms with E-state index in [4.69, 9.17) is 16.3 Å². The first-order valence-corrected chi connectivity index (χ1v) is 6.89. The minimum Gasteiger partial charge on any atom is -0.377 e. The molecule has 0 aliphatic heterocycles. The predicted molar refractivity (Wildman–Crippen MR) is 71.4 cm³/mol. The lowest BCUT2D eigenvalue weighted by Crippen LogP contribution is -2.27. The van der Waals surface area contributed by atoms with E-state index in [1.54, 1.807) is 11.3 Å². The van der Waals surface area contributed by atoms with Crippen molar-refractivity contribution in [2.24, 2.45) is 0 Å². The molecule has 1 aromatic heterocycles. The first kappa shape index (κ1) is 14.0. The quantitative estimate of drug-likeness (QED) is 0.743. The van der Waals surface area contributed by atoms with E-state index in [1.165, 1.54) is 4.88 Å². The van der Waals surface area contributed by atoms with Crippen molar-refractivity contribution in [3.63, 3.8) is 0 Å². The summed E-state index contributed by atoms with van der Waals surface area (Å²) in [4.78, 5) is 3.68. The summed E-state index contributed by atoms with van der Waals surface area (Å²) in [6.07, 6.45) is 0.315. The normalized spacial score (nSPS) is 11.6. The van der Waals surface area contributed by atoms with Gasteiger partial charge in [-0.1, -0.05) is 18.5 Å². The van der Waals surface area contributed by atoms with Gasteiger partial charge in [0.15, 0.2) is 0 Å². The third-order valence-corrected chi connectivity index (χ3v) is 3.53. The van der Waals surface area contributed by atoms with Crippen molar-refractivity contribution in [1.82, 2.24) is 4.90 Å². The van der Waals surface area contributed by atoms with Crippen LogP contribution in [-0.2, 0) is 11.3 Å². The minimum atomic E-state index is 0.315. The fourth-order valence-electron chi connectivity index (χ4n) is 1.42. The number of likely N-dealkylation sites (N-methyl/N-ethyl adjacent to an activating group) is 1. The summed E-state index contributed by atoms with van der Waals surface area (Å²) >= 11 is 7.56. The first-order chi connectivity index (χ1) is 7.61. The van der Waals surface area contributed by atoms with Crippen LogP contribution in [0.5, 0.6) is 0 Å². The molecule has 2 nitrogen and oxygen atoms in total. The molecule has 0 saturated carbocycles. The lowest BCUT2D eigenvalue weighted by molar-refractivity contribution is 0.0587. The number of nitrogens with zero attached hydrogens (tertiary/aromatic N) is 1. The molecule has 0 aliphatic carbocycles. The number of hydrogen-bond donors (Lipinski definition) is 0. The molecule has 1 aromatic rings. The van der Waals surface area contributed by atoms with Crippen LogP contribution in [0, 0.1) is 0 Å². The van der Waals surface area contributed by atoms with Crippen molar-refractivity contribution in [2.45, 2.75) is 33.4 Å². The molecule has 0 saturated heterocycles. The van der Waals surface area contributed by atoms with Crippen LogP contribution >= 0.6 is 22.9 Å². The Hall–Kier alpha value is -0.0900. The Balaban J connectivity index is 2.31. The van der Waals surface area contributed by atoms with Gasteiger partial charge in [-0.25, -0.2) is 0 Å². The first-order valence-electron chi connectivity index (χ1n) is 5.70. The highest BCUT2D eigenvalue weighted by Crippen LogP contribution is 2.22. The fourth-order valence-corrected chi connectivity index (χ4v) is 2.55. The molecule has 0 aromatic carbocycles. The molecule has 1 heterocycles. The average Bonchev–Trinajstić information content (AvgIpc) is 2.62. The van der Waals surface area contributed by atoms with E-state index in [9.17, 15) is 0 Å². The number of thiophene rings is 1. The van der Waals surface area contributed by atoms with Gasteiger partial charge >= 0.3 is 0 Å². The van der Waals surface area contributed by atoms with Crippen LogP contribution < -0.4 is 0 Å². The van der Waals surface area contributed by atoms with Gasteiger partial charge in [-0.15, -0.1) is 11.3 Å². The Labute approximate surface area is 107 Å². The monoisotopic (exact) mass is 261 g/mol. The lowest BCUT2D eigenvalue weighted by Gasteiger charge is -2.20. The van der Waals surface area contributed by atoms with Crippen LogP contribution in [0.15, 0.2) is 12.1 Å². The Bertz CT molecular complexity index is 301. The Morgan fingerprint density at radius 1 is 1.44 bits per heavy atom. The topological polar surface area (TPSA) is 12.5 Å². The number of hydrogen-bond acceptors (Lipinski definition) is 3. The van der Waals surface area contributed by atoms with Crippen molar-refractivity contribution >= 4 is 22.9 Å². The maximum atomic E-state index is 5.91. The summed E-state index contributed by atoms with van der Waals surface area (Å²) in [6.45, 7) is 10.1. The van der Waals surface area contributed by atoms with Crippen LogP contribution in [0.1, 0.15) is 25.6 Å². The molecular weight excluding hydrogens is 242 g/mol. The zero-order valence-electron chi connectivity index (χ0n) is 10.2. The number of halogens is 1. The van der Waals surface area contributed by atoms with Crippen molar-refractivity contribution < 1.29 is 4.74 Å². The van der Waals surface area contributed by atoms with Crippen LogP contribution in [0.2, 0.25) is 4.34 Å². The summed E-state index contributed by atoms with van der Waals surface area (Å²) in [5.74, 6) is 0. The van der Waals surface area contributed by atoms with Gasteiger partial charge in [0.1, 0.15) is 0 Å². The molecule has 0 spiro atoms. The van der Waals surface area contributed by atoms with Crippen LogP contribution in [0.25, 0.3) is 0 Å². The molecule has 0 amide bonds. The third kappa shape index (κ3) is 5.30. The lowest BCUT2D eigenvalue weighted by atomic mass is 10.4. The second kappa shape index (κ2) is 7.28. The SMILES string of the molecule is CCN(CCOC(C)C)Cc1ccc(Cl)s1. The number of rotatable bonds is 7. The molecule has 0 unspecified atom stereocenters. The van der Waals surface area contributed by atoms with Gasteiger partial charge in [-0.2, -0.15) is 0 Å². The second-order valence-corrected chi connectivity index (χ2v) is 5.79. The molecule has 92 valence electrons.